The third-order valence-electron chi connectivity index (χ3n) is 4.71. The number of hydrogen-bond donors (Lipinski definition) is 1. The van der Waals surface area contributed by atoms with Gasteiger partial charge in [-0.15, -0.1) is 0 Å². The van der Waals surface area contributed by atoms with E-state index in [-0.39, 0.29) is 33.5 Å². The Balaban J connectivity index is 1.51. The van der Waals surface area contributed by atoms with E-state index in [1.165, 1.54) is 54.6 Å². The number of rotatable bonds is 7. The molecule has 1 heterocycles. The summed E-state index contributed by atoms with van der Waals surface area (Å²) in [6.07, 6.45) is 0. The SMILES string of the molecule is O=c1cc(NCc2ccc(OS(=O)(=O)c3ccc(Cl)cc3Cl)cc2)c2cc([N+](=O)[O-])ccc2o1. The highest BCUT2D eigenvalue weighted by Gasteiger charge is 2.20. The lowest BCUT2D eigenvalue weighted by molar-refractivity contribution is -0.384. The first-order valence-corrected chi connectivity index (χ1v) is 11.7. The summed E-state index contributed by atoms with van der Waals surface area (Å²) in [6.45, 7) is 0.233. The number of benzene rings is 3. The van der Waals surface area contributed by atoms with Crippen molar-refractivity contribution in [3.8, 4) is 5.75 Å². The normalized spacial score (nSPS) is 11.4. The smallest absolute Gasteiger partial charge is 0.340 e. The highest BCUT2D eigenvalue weighted by molar-refractivity contribution is 7.87. The first-order chi connectivity index (χ1) is 16.1. The second kappa shape index (κ2) is 9.34. The Bertz CT molecular complexity index is 1570. The Morgan fingerprint density at radius 3 is 2.41 bits per heavy atom. The molecule has 0 radical (unpaired) electrons. The Morgan fingerprint density at radius 1 is 1.00 bits per heavy atom. The van der Waals surface area contributed by atoms with Crippen LogP contribution in [-0.2, 0) is 16.7 Å². The zero-order valence-electron chi connectivity index (χ0n) is 17.0. The molecular weight excluding hydrogens is 507 g/mol. The fourth-order valence-electron chi connectivity index (χ4n) is 3.12. The molecule has 0 saturated heterocycles. The third kappa shape index (κ3) is 5.14. The number of halogens is 2. The summed E-state index contributed by atoms with van der Waals surface area (Å²) in [5.74, 6) is 0.0659. The van der Waals surface area contributed by atoms with Crippen molar-refractivity contribution in [2.45, 2.75) is 11.4 Å². The maximum atomic E-state index is 12.5. The van der Waals surface area contributed by atoms with Crippen molar-refractivity contribution in [2.75, 3.05) is 5.32 Å². The van der Waals surface area contributed by atoms with Crippen molar-refractivity contribution >= 4 is 55.7 Å². The molecule has 0 atom stereocenters. The molecule has 0 unspecified atom stereocenters. The molecular formula is C22H14Cl2N2O7S. The molecule has 9 nitrogen and oxygen atoms in total. The first-order valence-electron chi connectivity index (χ1n) is 9.57. The molecule has 4 aromatic rings. The van der Waals surface area contributed by atoms with Crippen LogP contribution in [0.5, 0.6) is 5.75 Å². The van der Waals surface area contributed by atoms with Gasteiger partial charge in [0, 0.05) is 35.2 Å². The molecule has 0 saturated carbocycles. The molecule has 0 spiro atoms. The van der Waals surface area contributed by atoms with E-state index in [1.807, 2.05) is 0 Å². The van der Waals surface area contributed by atoms with Crippen LogP contribution in [-0.4, -0.2) is 13.3 Å². The van der Waals surface area contributed by atoms with Crippen LogP contribution >= 0.6 is 23.2 Å². The van der Waals surface area contributed by atoms with E-state index < -0.39 is 20.7 Å². The van der Waals surface area contributed by atoms with Crippen LogP contribution in [0.15, 0.2) is 80.8 Å². The summed E-state index contributed by atoms with van der Waals surface area (Å²) in [5.41, 5.74) is 0.526. The fourth-order valence-corrected chi connectivity index (χ4v) is 4.80. The molecule has 0 fully saturated rings. The third-order valence-corrected chi connectivity index (χ3v) is 6.68. The number of nitrogens with zero attached hydrogens (tertiary/aromatic N) is 1. The van der Waals surface area contributed by atoms with Crippen molar-refractivity contribution < 1.29 is 21.9 Å². The topological polar surface area (TPSA) is 129 Å². The van der Waals surface area contributed by atoms with Gasteiger partial charge in [-0.05, 0) is 42.0 Å². The Labute approximate surface area is 202 Å². The molecule has 1 aromatic heterocycles. The zero-order chi connectivity index (χ0) is 24.5. The second-order valence-corrected chi connectivity index (χ2v) is 9.38. The summed E-state index contributed by atoms with van der Waals surface area (Å²) in [4.78, 5) is 22.2. The number of hydrogen-bond acceptors (Lipinski definition) is 8. The van der Waals surface area contributed by atoms with Gasteiger partial charge >= 0.3 is 15.7 Å². The van der Waals surface area contributed by atoms with Gasteiger partial charge in [-0.25, -0.2) is 4.79 Å². The lowest BCUT2D eigenvalue weighted by Gasteiger charge is -2.11. The lowest BCUT2D eigenvalue weighted by Crippen LogP contribution is -2.10. The minimum absolute atomic E-state index is 0.0619. The molecule has 0 aliphatic heterocycles. The predicted molar refractivity (Wildman–Crippen MR) is 127 cm³/mol. The van der Waals surface area contributed by atoms with Gasteiger partial charge in [0.2, 0.25) is 0 Å². The van der Waals surface area contributed by atoms with Crippen LogP contribution in [0.4, 0.5) is 11.4 Å². The highest BCUT2D eigenvalue weighted by atomic mass is 35.5. The van der Waals surface area contributed by atoms with E-state index in [2.05, 4.69) is 5.32 Å². The highest BCUT2D eigenvalue weighted by Crippen LogP contribution is 2.29. The first kappa shape index (κ1) is 23.6. The minimum Gasteiger partial charge on any atom is -0.423 e. The Kier molecular flexibility index (Phi) is 6.47. The van der Waals surface area contributed by atoms with Crippen LogP contribution in [0.1, 0.15) is 5.56 Å². The lowest BCUT2D eigenvalue weighted by atomic mass is 10.1. The molecule has 174 valence electrons. The van der Waals surface area contributed by atoms with Crippen LogP contribution in [0.2, 0.25) is 10.0 Å². The van der Waals surface area contributed by atoms with E-state index >= 15 is 0 Å². The van der Waals surface area contributed by atoms with Crippen LogP contribution < -0.4 is 15.1 Å². The molecule has 0 bridgehead atoms. The monoisotopic (exact) mass is 520 g/mol. The van der Waals surface area contributed by atoms with Crippen LogP contribution in [0, 0.1) is 10.1 Å². The van der Waals surface area contributed by atoms with Crippen LogP contribution in [0.25, 0.3) is 11.0 Å². The van der Waals surface area contributed by atoms with Crippen molar-refractivity contribution in [3.63, 3.8) is 0 Å². The number of fused-ring (bicyclic) bond motifs is 1. The van der Waals surface area contributed by atoms with Crippen LogP contribution in [0.3, 0.4) is 0 Å². The average Bonchev–Trinajstić information content (AvgIpc) is 2.77. The summed E-state index contributed by atoms with van der Waals surface area (Å²) >= 11 is 11.8. The zero-order valence-corrected chi connectivity index (χ0v) is 19.4. The molecule has 12 heteroatoms. The van der Waals surface area contributed by atoms with Gasteiger partial charge in [0.15, 0.2) is 0 Å². The van der Waals surface area contributed by atoms with Gasteiger partial charge in [-0.1, -0.05) is 35.3 Å². The van der Waals surface area contributed by atoms with Crippen molar-refractivity contribution in [3.05, 3.63) is 103 Å². The van der Waals surface area contributed by atoms with E-state index in [0.29, 0.717) is 16.1 Å². The summed E-state index contributed by atoms with van der Waals surface area (Å²) in [6, 6.07) is 15.2. The maximum absolute atomic E-state index is 12.5. The number of non-ortho nitro benzene ring substituents is 1. The van der Waals surface area contributed by atoms with E-state index in [0.717, 1.165) is 5.56 Å². The van der Waals surface area contributed by atoms with E-state index in [9.17, 15) is 23.3 Å². The molecule has 3 aromatic carbocycles. The molecule has 34 heavy (non-hydrogen) atoms. The number of nitro groups is 1. The summed E-state index contributed by atoms with van der Waals surface area (Å²) in [5, 5.41) is 14.7. The predicted octanol–water partition coefficient (Wildman–Crippen LogP) is 5.39. The number of nitro benzene ring substituents is 1. The fraction of sp³-hybridized carbons (Fsp3) is 0.0455. The molecule has 4 rings (SSSR count). The van der Waals surface area contributed by atoms with Gasteiger partial charge in [-0.2, -0.15) is 8.42 Å². The van der Waals surface area contributed by atoms with E-state index in [1.54, 1.807) is 12.1 Å². The Morgan fingerprint density at radius 2 is 1.74 bits per heavy atom. The van der Waals surface area contributed by atoms with Gasteiger partial charge in [0.25, 0.3) is 5.69 Å². The summed E-state index contributed by atoms with van der Waals surface area (Å²) < 4.78 is 35.3. The van der Waals surface area contributed by atoms with Gasteiger partial charge in [0.1, 0.15) is 16.2 Å². The largest absolute Gasteiger partial charge is 0.423 e. The van der Waals surface area contributed by atoms with Gasteiger partial charge in [0.05, 0.1) is 15.6 Å². The second-order valence-electron chi connectivity index (χ2n) is 7.03. The maximum Gasteiger partial charge on any atom is 0.340 e. The standard InChI is InChI=1S/C22H14Cl2N2O7S/c23-14-3-8-21(18(24)9-14)34(30,31)33-16-5-1-13(2-6-16)12-25-19-11-22(27)32-20-7-4-15(26(28)29)10-17(19)20/h1-11,25H,12H2. The Hall–Kier alpha value is -3.60. The van der Waals surface area contributed by atoms with Crippen molar-refractivity contribution in [1.29, 1.82) is 0 Å². The number of anilines is 1. The summed E-state index contributed by atoms with van der Waals surface area (Å²) in [7, 11) is -4.18. The molecule has 1 N–H and O–H groups in total. The number of nitrogens with one attached hydrogen (secondary N) is 1. The van der Waals surface area contributed by atoms with Gasteiger partial charge < -0.3 is 13.9 Å². The quantitative estimate of drug-likeness (QED) is 0.148. The van der Waals surface area contributed by atoms with E-state index in [4.69, 9.17) is 31.8 Å². The molecule has 0 amide bonds. The van der Waals surface area contributed by atoms with Gasteiger partial charge in [-0.3, -0.25) is 10.1 Å². The van der Waals surface area contributed by atoms with Crippen molar-refractivity contribution in [2.24, 2.45) is 0 Å². The average molecular weight is 521 g/mol. The molecule has 0 aliphatic carbocycles. The van der Waals surface area contributed by atoms with Crippen molar-refractivity contribution in [1.82, 2.24) is 0 Å². The minimum atomic E-state index is -4.18. The molecule has 0 aliphatic rings.